The second-order valence-electron chi connectivity index (χ2n) is 10.4. The standard InChI is InChI=1S/C31H60O2/c1-5-6-7-8-9-10-11-12-13-14-15-16-17-18-19-20-26-32-27-22-28-33-29-25-31(4)24-21-23-30(2)3/h9-10,12-13,30-31H,5-8,11,14-29H2,1-4H3/b10-9-,13-12-. The first-order chi connectivity index (χ1) is 16.2. The van der Waals surface area contributed by atoms with E-state index in [-0.39, 0.29) is 0 Å². The first-order valence-corrected chi connectivity index (χ1v) is 14.6. The molecule has 0 heterocycles. The van der Waals surface area contributed by atoms with Crippen molar-refractivity contribution in [2.24, 2.45) is 11.8 Å². The Kier molecular flexibility index (Phi) is 27.1. The first kappa shape index (κ1) is 32.4. The molecule has 0 amide bonds. The minimum absolute atomic E-state index is 0.795. The van der Waals surface area contributed by atoms with Gasteiger partial charge in [0.2, 0.25) is 0 Å². The highest BCUT2D eigenvalue weighted by Gasteiger charge is 2.03. The molecule has 2 nitrogen and oxygen atoms in total. The van der Waals surface area contributed by atoms with E-state index in [2.05, 4.69) is 52.0 Å². The van der Waals surface area contributed by atoms with Crippen LogP contribution in [-0.2, 0) is 9.47 Å². The van der Waals surface area contributed by atoms with Crippen molar-refractivity contribution in [1.29, 1.82) is 0 Å². The second-order valence-corrected chi connectivity index (χ2v) is 10.4. The number of hydrogen-bond donors (Lipinski definition) is 0. The van der Waals surface area contributed by atoms with Crippen LogP contribution in [0.25, 0.3) is 0 Å². The van der Waals surface area contributed by atoms with Gasteiger partial charge in [-0.2, -0.15) is 0 Å². The number of ether oxygens (including phenoxy) is 2. The number of hydrogen-bond acceptors (Lipinski definition) is 2. The summed E-state index contributed by atoms with van der Waals surface area (Å²) in [5, 5.41) is 0. The van der Waals surface area contributed by atoms with Crippen LogP contribution in [0, 0.1) is 11.8 Å². The number of unbranched alkanes of at least 4 members (excludes halogenated alkanes) is 9. The summed E-state index contributed by atoms with van der Waals surface area (Å²) in [5.74, 6) is 1.63. The predicted molar refractivity (Wildman–Crippen MR) is 148 cm³/mol. The average molecular weight is 465 g/mol. The molecule has 1 atom stereocenters. The molecule has 0 N–H and O–H groups in total. The van der Waals surface area contributed by atoms with Crippen LogP contribution in [0.2, 0.25) is 0 Å². The Morgan fingerprint density at radius 2 is 1.09 bits per heavy atom. The van der Waals surface area contributed by atoms with Gasteiger partial charge in [-0.3, -0.25) is 0 Å². The van der Waals surface area contributed by atoms with E-state index in [0.29, 0.717) is 0 Å². The zero-order chi connectivity index (χ0) is 24.2. The van der Waals surface area contributed by atoms with Gasteiger partial charge in [0, 0.05) is 26.4 Å². The first-order valence-electron chi connectivity index (χ1n) is 14.6. The van der Waals surface area contributed by atoms with Crippen LogP contribution in [0.3, 0.4) is 0 Å². The molecule has 0 rings (SSSR count). The van der Waals surface area contributed by atoms with Crippen LogP contribution < -0.4 is 0 Å². The van der Waals surface area contributed by atoms with Crippen molar-refractivity contribution in [3.63, 3.8) is 0 Å². The molecule has 33 heavy (non-hydrogen) atoms. The second kappa shape index (κ2) is 27.6. The largest absolute Gasteiger partial charge is 0.381 e. The van der Waals surface area contributed by atoms with Gasteiger partial charge in [-0.05, 0) is 63.2 Å². The lowest BCUT2D eigenvalue weighted by atomic mass is 9.98. The third-order valence-corrected chi connectivity index (χ3v) is 6.30. The lowest BCUT2D eigenvalue weighted by Gasteiger charge is -2.12. The van der Waals surface area contributed by atoms with Gasteiger partial charge in [0.05, 0.1) is 0 Å². The van der Waals surface area contributed by atoms with Gasteiger partial charge in [-0.1, -0.05) is 110 Å². The molecule has 0 aromatic heterocycles. The van der Waals surface area contributed by atoms with Gasteiger partial charge in [0.25, 0.3) is 0 Å². The molecule has 0 aromatic carbocycles. The van der Waals surface area contributed by atoms with Crippen molar-refractivity contribution in [2.75, 3.05) is 26.4 Å². The molecule has 0 aliphatic heterocycles. The lowest BCUT2D eigenvalue weighted by molar-refractivity contribution is 0.0758. The molecule has 0 radical (unpaired) electrons. The molecule has 0 saturated carbocycles. The van der Waals surface area contributed by atoms with Crippen LogP contribution in [-0.4, -0.2) is 26.4 Å². The van der Waals surface area contributed by atoms with E-state index in [1.165, 1.54) is 96.3 Å². The van der Waals surface area contributed by atoms with E-state index in [0.717, 1.165) is 51.1 Å². The van der Waals surface area contributed by atoms with Crippen molar-refractivity contribution < 1.29 is 9.47 Å². The van der Waals surface area contributed by atoms with E-state index in [1.54, 1.807) is 0 Å². The zero-order valence-electron chi connectivity index (χ0n) is 23.1. The van der Waals surface area contributed by atoms with Crippen LogP contribution >= 0.6 is 0 Å². The maximum atomic E-state index is 5.78. The monoisotopic (exact) mass is 464 g/mol. The van der Waals surface area contributed by atoms with Crippen molar-refractivity contribution in [1.82, 2.24) is 0 Å². The van der Waals surface area contributed by atoms with Gasteiger partial charge < -0.3 is 9.47 Å². The molecule has 0 bridgehead atoms. The van der Waals surface area contributed by atoms with Crippen molar-refractivity contribution in [3.8, 4) is 0 Å². The number of rotatable bonds is 26. The highest BCUT2D eigenvalue weighted by atomic mass is 16.5. The van der Waals surface area contributed by atoms with Crippen molar-refractivity contribution in [3.05, 3.63) is 24.3 Å². The van der Waals surface area contributed by atoms with Crippen LogP contribution in [0.4, 0.5) is 0 Å². The summed E-state index contributed by atoms with van der Waals surface area (Å²) in [5.41, 5.74) is 0. The summed E-state index contributed by atoms with van der Waals surface area (Å²) in [4.78, 5) is 0. The zero-order valence-corrected chi connectivity index (χ0v) is 23.1. The molecule has 0 saturated heterocycles. The smallest absolute Gasteiger partial charge is 0.0487 e. The summed E-state index contributed by atoms with van der Waals surface area (Å²) in [6.07, 6.45) is 31.2. The number of allylic oxidation sites excluding steroid dienone is 4. The van der Waals surface area contributed by atoms with E-state index >= 15 is 0 Å². The highest BCUT2D eigenvalue weighted by molar-refractivity contribution is 4.92. The van der Waals surface area contributed by atoms with Crippen LogP contribution in [0.15, 0.2) is 24.3 Å². The van der Waals surface area contributed by atoms with Gasteiger partial charge in [-0.25, -0.2) is 0 Å². The summed E-state index contributed by atoms with van der Waals surface area (Å²) in [6.45, 7) is 12.8. The van der Waals surface area contributed by atoms with Crippen LogP contribution in [0.1, 0.15) is 137 Å². The minimum atomic E-state index is 0.795. The normalized spacial score (nSPS) is 13.1. The fourth-order valence-corrected chi connectivity index (χ4v) is 3.96. The lowest BCUT2D eigenvalue weighted by Crippen LogP contribution is -2.06. The molecule has 0 spiro atoms. The topological polar surface area (TPSA) is 18.5 Å². The Bertz CT molecular complexity index is 413. The Morgan fingerprint density at radius 1 is 0.515 bits per heavy atom. The van der Waals surface area contributed by atoms with E-state index in [4.69, 9.17) is 9.47 Å². The molecule has 1 unspecified atom stereocenters. The van der Waals surface area contributed by atoms with Gasteiger partial charge >= 0.3 is 0 Å². The molecular weight excluding hydrogens is 404 g/mol. The van der Waals surface area contributed by atoms with Gasteiger partial charge in [-0.15, -0.1) is 0 Å². The Hall–Kier alpha value is -0.600. The predicted octanol–water partition coefficient (Wildman–Crippen LogP) is 10.1. The summed E-state index contributed by atoms with van der Waals surface area (Å²) in [7, 11) is 0. The SMILES string of the molecule is CCCCC/C=C\C/C=C\CCCCCCCCOCCCOCCC(C)CCCC(C)C. The molecule has 0 aliphatic rings. The van der Waals surface area contributed by atoms with Crippen LogP contribution in [0.5, 0.6) is 0 Å². The molecular formula is C31H60O2. The third-order valence-electron chi connectivity index (χ3n) is 6.30. The highest BCUT2D eigenvalue weighted by Crippen LogP contribution is 2.15. The molecule has 0 aliphatic carbocycles. The summed E-state index contributed by atoms with van der Waals surface area (Å²) in [6, 6.07) is 0. The Labute approximate surface area is 209 Å². The summed E-state index contributed by atoms with van der Waals surface area (Å²) >= 11 is 0. The van der Waals surface area contributed by atoms with Gasteiger partial charge in [0.15, 0.2) is 0 Å². The third kappa shape index (κ3) is 29.4. The molecule has 196 valence electrons. The molecule has 0 aromatic rings. The maximum absolute atomic E-state index is 5.78. The molecule has 0 fully saturated rings. The maximum Gasteiger partial charge on any atom is 0.0487 e. The minimum Gasteiger partial charge on any atom is -0.381 e. The fourth-order valence-electron chi connectivity index (χ4n) is 3.96. The van der Waals surface area contributed by atoms with Crippen molar-refractivity contribution >= 4 is 0 Å². The Morgan fingerprint density at radius 3 is 1.76 bits per heavy atom. The Balaban J connectivity index is 3.17. The van der Waals surface area contributed by atoms with E-state index in [9.17, 15) is 0 Å². The van der Waals surface area contributed by atoms with E-state index in [1.807, 2.05) is 0 Å². The van der Waals surface area contributed by atoms with E-state index < -0.39 is 0 Å². The van der Waals surface area contributed by atoms with Gasteiger partial charge in [0.1, 0.15) is 0 Å². The average Bonchev–Trinajstić information content (AvgIpc) is 2.79. The quantitative estimate of drug-likeness (QED) is 0.0936. The molecule has 2 heteroatoms. The fraction of sp³-hybridized carbons (Fsp3) is 0.871. The van der Waals surface area contributed by atoms with Crippen molar-refractivity contribution in [2.45, 2.75) is 137 Å². The summed E-state index contributed by atoms with van der Waals surface area (Å²) < 4.78 is 11.5.